The molecule has 0 spiro atoms. The number of carbonyl (C=O) groups is 1. The van der Waals surface area contributed by atoms with Gasteiger partial charge in [-0.15, -0.1) is 0 Å². The van der Waals surface area contributed by atoms with Crippen LogP contribution in [0.3, 0.4) is 0 Å². The fraction of sp³-hybridized carbons (Fsp3) is 0.438. The molecule has 0 saturated carbocycles. The minimum Gasteiger partial charge on any atom is -0.466 e. The number of methoxy groups -OCH3 is 1. The van der Waals surface area contributed by atoms with Crippen LogP contribution in [-0.4, -0.2) is 24.7 Å². The lowest BCUT2D eigenvalue weighted by Crippen LogP contribution is -2.23. The molecule has 0 radical (unpaired) electrons. The molecule has 3 rings (SSSR count). The van der Waals surface area contributed by atoms with Crippen molar-refractivity contribution >= 4 is 16.9 Å². The fourth-order valence-electron chi connectivity index (χ4n) is 3.13. The summed E-state index contributed by atoms with van der Waals surface area (Å²) in [5, 5.41) is 1.10. The predicted molar refractivity (Wildman–Crippen MR) is 76.7 cm³/mol. The number of H-pyrrole nitrogens is 1. The van der Waals surface area contributed by atoms with Gasteiger partial charge in [0, 0.05) is 23.7 Å². The molecule has 4 heteroatoms. The first-order valence-electron chi connectivity index (χ1n) is 7.06. The lowest BCUT2D eigenvalue weighted by Gasteiger charge is -2.27. The van der Waals surface area contributed by atoms with Crippen LogP contribution in [0.2, 0.25) is 0 Å². The average molecular weight is 273 g/mol. The number of benzene rings is 1. The number of aromatic amines is 1. The first kappa shape index (κ1) is 13.2. The molecular formula is C16H19NO3. The minimum atomic E-state index is -0.188. The van der Waals surface area contributed by atoms with Crippen LogP contribution < -0.4 is 0 Å². The Bertz CT molecular complexity index is 632. The van der Waals surface area contributed by atoms with Crippen molar-refractivity contribution < 1.29 is 14.3 Å². The summed E-state index contributed by atoms with van der Waals surface area (Å²) < 4.78 is 10.8. The topological polar surface area (TPSA) is 51.3 Å². The van der Waals surface area contributed by atoms with Gasteiger partial charge in [0.05, 0.1) is 18.6 Å². The van der Waals surface area contributed by atoms with Crippen LogP contribution in [0, 0.1) is 0 Å². The molecule has 2 atom stereocenters. The monoisotopic (exact) mass is 273 g/mol. The number of nitrogens with one attached hydrogen (secondary N) is 1. The second kappa shape index (κ2) is 5.29. The third-order valence-corrected chi connectivity index (χ3v) is 4.02. The highest BCUT2D eigenvalue weighted by Crippen LogP contribution is 2.43. The molecule has 0 bridgehead atoms. The molecule has 1 aromatic heterocycles. The average Bonchev–Trinajstić information content (AvgIpc) is 2.86. The van der Waals surface area contributed by atoms with Gasteiger partial charge in [0.25, 0.3) is 0 Å². The molecule has 2 aromatic rings. The van der Waals surface area contributed by atoms with Crippen LogP contribution >= 0.6 is 0 Å². The van der Waals surface area contributed by atoms with Gasteiger partial charge in [-0.3, -0.25) is 4.79 Å². The molecule has 1 N–H and O–H groups in total. The lowest BCUT2D eigenvalue weighted by atomic mass is 9.83. The Hall–Kier alpha value is -1.81. The van der Waals surface area contributed by atoms with E-state index in [4.69, 9.17) is 9.47 Å². The lowest BCUT2D eigenvalue weighted by molar-refractivity contribution is -0.145. The van der Waals surface area contributed by atoms with Crippen molar-refractivity contribution in [3.63, 3.8) is 0 Å². The maximum absolute atomic E-state index is 12.2. The number of para-hydroxylation sites is 1. The van der Waals surface area contributed by atoms with Gasteiger partial charge in [-0.2, -0.15) is 0 Å². The molecule has 106 valence electrons. The van der Waals surface area contributed by atoms with Crippen LogP contribution in [0.4, 0.5) is 0 Å². The third-order valence-electron chi connectivity index (χ3n) is 4.02. The number of esters is 1. The van der Waals surface area contributed by atoms with E-state index in [1.165, 1.54) is 0 Å². The van der Waals surface area contributed by atoms with Crippen molar-refractivity contribution in [3.8, 4) is 0 Å². The Morgan fingerprint density at radius 3 is 2.90 bits per heavy atom. The summed E-state index contributed by atoms with van der Waals surface area (Å²) in [7, 11) is 1.71. The molecule has 1 aromatic carbocycles. The number of fused-ring (bicyclic) bond motifs is 3. The van der Waals surface area contributed by atoms with Crippen molar-refractivity contribution in [2.75, 3.05) is 13.7 Å². The standard InChI is InChI=1S/C16H19NO3/c1-3-20-16(18)11-8-9-13(19-2)15-14(11)10-6-4-5-7-12(10)17-15/h4-7,11,13,17H,3,8-9H2,1-2H3. The maximum Gasteiger partial charge on any atom is 0.313 e. The molecule has 4 nitrogen and oxygen atoms in total. The van der Waals surface area contributed by atoms with Crippen molar-refractivity contribution in [1.82, 2.24) is 4.98 Å². The molecule has 20 heavy (non-hydrogen) atoms. The summed E-state index contributed by atoms with van der Waals surface area (Å²) in [6.07, 6.45) is 1.63. The van der Waals surface area contributed by atoms with Gasteiger partial charge in [0.2, 0.25) is 0 Å². The van der Waals surface area contributed by atoms with Gasteiger partial charge < -0.3 is 14.5 Å². The highest BCUT2D eigenvalue weighted by atomic mass is 16.5. The molecule has 1 heterocycles. The summed E-state index contributed by atoms with van der Waals surface area (Å²) in [5.74, 6) is -0.319. The van der Waals surface area contributed by atoms with Crippen LogP contribution in [-0.2, 0) is 14.3 Å². The first-order chi connectivity index (χ1) is 9.76. The Labute approximate surface area is 118 Å². The summed E-state index contributed by atoms with van der Waals surface area (Å²) >= 11 is 0. The van der Waals surface area contributed by atoms with E-state index in [-0.39, 0.29) is 18.0 Å². The van der Waals surface area contributed by atoms with E-state index in [0.717, 1.165) is 35.0 Å². The zero-order valence-electron chi connectivity index (χ0n) is 11.8. The van der Waals surface area contributed by atoms with Crippen molar-refractivity contribution in [1.29, 1.82) is 0 Å². The van der Waals surface area contributed by atoms with Crippen molar-refractivity contribution in [2.45, 2.75) is 31.8 Å². The number of carbonyl (C=O) groups excluding carboxylic acids is 1. The molecule has 2 unspecified atom stereocenters. The van der Waals surface area contributed by atoms with Crippen LogP contribution in [0.1, 0.15) is 43.0 Å². The van der Waals surface area contributed by atoms with Gasteiger partial charge in [-0.1, -0.05) is 18.2 Å². The van der Waals surface area contributed by atoms with E-state index in [1.807, 2.05) is 25.1 Å². The van der Waals surface area contributed by atoms with Gasteiger partial charge in [-0.25, -0.2) is 0 Å². The smallest absolute Gasteiger partial charge is 0.313 e. The molecule has 0 amide bonds. The maximum atomic E-state index is 12.2. The van der Waals surface area contributed by atoms with Gasteiger partial charge in [0.1, 0.15) is 0 Å². The van der Waals surface area contributed by atoms with Crippen LogP contribution in [0.15, 0.2) is 24.3 Å². The van der Waals surface area contributed by atoms with Crippen LogP contribution in [0.5, 0.6) is 0 Å². The molecule has 0 saturated heterocycles. The third kappa shape index (κ3) is 2.00. The highest BCUT2D eigenvalue weighted by Gasteiger charge is 2.35. The fourth-order valence-corrected chi connectivity index (χ4v) is 3.13. The Kier molecular flexibility index (Phi) is 3.49. The Morgan fingerprint density at radius 2 is 2.15 bits per heavy atom. The molecule has 1 aliphatic rings. The SMILES string of the molecule is CCOC(=O)C1CCC(OC)c2[nH]c3ccccc3c21. The Balaban J connectivity index is 2.14. The minimum absolute atomic E-state index is 0.0306. The largest absolute Gasteiger partial charge is 0.466 e. The highest BCUT2D eigenvalue weighted by molar-refractivity contribution is 5.91. The second-order valence-corrected chi connectivity index (χ2v) is 5.10. The number of ether oxygens (including phenoxy) is 2. The zero-order valence-corrected chi connectivity index (χ0v) is 11.8. The van der Waals surface area contributed by atoms with E-state index in [0.29, 0.717) is 6.61 Å². The van der Waals surface area contributed by atoms with E-state index in [2.05, 4.69) is 11.1 Å². The van der Waals surface area contributed by atoms with Crippen molar-refractivity contribution in [2.24, 2.45) is 0 Å². The molecule has 0 fully saturated rings. The number of aromatic nitrogens is 1. The number of hydrogen-bond donors (Lipinski definition) is 1. The normalized spacial score (nSPS) is 21.7. The number of hydrogen-bond acceptors (Lipinski definition) is 3. The summed E-state index contributed by atoms with van der Waals surface area (Å²) in [6.45, 7) is 2.26. The summed E-state index contributed by atoms with van der Waals surface area (Å²) in [5.41, 5.74) is 3.13. The van der Waals surface area contributed by atoms with E-state index >= 15 is 0 Å². The van der Waals surface area contributed by atoms with Gasteiger partial charge in [-0.05, 0) is 31.4 Å². The predicted octanol–water partition coefficient (Wildman–Crippen LogP) is 3.30. The van der Waals surface area contributed by atoms with E-state index in [1.54, 1.807) is 7.11 Å². The molecular weight excluding hydrogens is 254 g/mol. The van der Waals surface area contributed by atoms with E-state index in [9.17, 15) is 4.79 Å². The van der Waals surface area contributed by atoms with Gasteiger partial charge >= 0.3 is 5.97 Å². The molecule has 1 aliphatic carbocycles. The molecule has 0 aliphatic heterocycles. The first-order valence-corrected chi connectivity index (χ1v) is 7.06. The number of rotatable bonds is 3. The van der Waals surface area contributed by atoms with E-state index < -0.39 is 0 Å². The Morgan fingerprint density at radius 1 is 1.35 bits per heavy atom. The second-order valence-electron chi connectivity index (χ2n) is 5.10. The van der Waals surface area contributed by atoms with Crippen molar-refractivity contribution in [3.05, 3.63) is 35.5 Å². The zero-order chi connectivity index (χ0) is 14.1. The van der Waals surface area contributed by atoms with Gasteiger partial charge in [0.15, 0.2) is 0 Å². The van der Waals surface area contributed by atoms with Crippen LogP contribution in [0.25, 0.3) is 10.9 Å². The summed E-state index contributed by atoms with van der Waals surface area (Å²) in [4.78, 5) is 15.6. The quantitative estimate of drug-likeness (QED) is 0.873. The summed E-state index contributed by atoms with van der Waals surface area (Å²) in [6, 6.07) is 8.07.